The van der Waals surface area contributed by atoms with E-state index in [1.165, 1.54) is 7.11 Å². The molecule has 5 fully saturated rings. The van der Waals surface area contributed by atoms with Crippen molar-refractivity contribution in [2.75, 3.05) is 26.8 Å². The molecule has 3 saturated carbocycles. The van der Waals surface area contributed by atoms with Crippen molar-refractivity contribution in [1.82, 2.24) is 10.2 Å². The van der Waals surface area contributed by atoms with Crippen LogP contribution in [0.1, 0.15) is 106 Å². The van der Waals surface area contributed by atoms with Gasteiger partial charge in [0.05, 0.1) is 37.3 Å². The highest BCUT2D eigenvalue weighted by Gasteiger charge is 2.68. The zero-order chi connectivity index (χ0) is 36.7. The lowest BCUT2D eigenvalue weighted by Crippen LogP contribution is -2.65. The number of methoxy groups -OCH3 is 1. The van der Waals surface area contributed by atoms with Crippen LogP contribution in [0.2, 0.25) is 0 Å². The number of esters is 2. The number of nitrogens with one attached hydrogen (secondary N) is 1. The molecule has 276 valence electrons. The monoisotopic (exact) mass is 702 g/mol. The number of ether oxygens (including phenoxy) is 3. The van der Waals surface area contributed by atoms with E-state index in [-0.39, 0.29) is 29.3 Å². The van der Waals surface area contributed by atoms with Crippen molar-refractivity contribution < 1.29 is 37.9 Å². The van der Waals surface area contributed by atoms with Crippen molar-refractivity contribution in [2.45, 2.75) is 110 Å². The van der Waals surface area contributed by atoms with Gasteiger partial charge in [-0.2, -0.15) is 0 Å². The molecule has 0 spiro atoms. The summed E-state index contributed by atoms with van der Waals surface area (Å²) in [5.41, 5.74) is 1.68. The lowest BCUT2D eigenvalue weighted by Gasteiger charge is -2.64. The predicted octanol–water partition coefficient (Wildman–Crippen LogP) is 6.03. The van der Waals surface area contributed by atoms with Crippen LogP contribution in [0.15, 0.2) is 42.5 Å². The molecule has 0 radical (unpaired) electrons. The molecule has 6 unspecified atom stereocenters. The summed E-state index contributed by atoms with van der Waals surface area (Å²) in [4.78, 5) is 41.8. The number of carbonyl (C=O) groups is 3. The molecular formula is C40H55BN2O8. The maximum absolute atomic E-state index is 13.9. The Labute approximate surface area is 303 Å². The van der Waals surface area contributed by atoms with Crippen molar-refractivity contribution in [1.29, 1.82) is 0 Å². The number of hydrogen-bond donors (Lipinski definition) is 1. The summed E-state index contributed by atoms with van der Waals surface area (Å²) in [6, 6.07) is 13.0. The third-order valence-corrected chi connectivity index (χ3v) is 11.7. The Morgan fingerprint density at radius 1 is 1.08 bits per heavy atom. The molecule has 1 amide bonds. The molecule has 2 aromatic rings. The number of likely N-dealkylation sites (tertiary alicyclic amines) is 1. The molecule has 2 aliphatic heterocycles. The number of piperidine rings is 1. The molecule has 1 N–H and O–H groups in total. The Morgan fingerprint density at radius 2 is 1.82 bits per heavy atom. The van der Waals surface area contributed by atoms with E-state index in [9.17, 15) is 14.4 Å². The first-order valence-electron chi connectivity index (χ1n) is 18.6. The van der Waals surface area contributed by atoms with Gasteiger partial charge >= 0.3 is 19.1 Å². The highest BCUT2D eigenvalue weighted by Crippen LogP contribution is 2.65. The minimum Gasteiger partial charge on any atom is -0.496 e. The van der Waals surface area contributed by atoms with Crippen LogP contribution in [-0.2, 0) is 36.5 Å². The highest BCUT2D eigenvalue weighted by atomic mass is 16.7. The van der Waals surface area contributed by atoms with Gasteiger partial charge in [0.25, 0.3) is 5.91 Å². The standard InChI is InChI=1S/C40H55BN2O8/c1-9-48-36(45)28-13-11-19-43(24-28)23-25-15-17-26(18-16-25)35(44)42-33(41-50-32-22-29-21-31(39(29,5)6)40(32,7)51-41)20-27-12-10-14-30(34(27)47-8)37(46)49-38(2,3)4/h10,12,14-18,28-29,31-33H,9,11,13,19-24H2,1-8H3,(H,42,44). The van der Waals surface area contributed by atoms with Gasteiger partial charge in [0.15, 0.2) is 0 Å². The normalized spacial score (nSPS) is 27.5. The topological polar surface area (TPSA) is 113 Å². The van der Waals surface area contributed by atoms with Crippen molar-refractivity contribution in [2.24, 2.45) is 23.2 Å². The van der Waals surface area contributed by atoms with Crippen LogP contribution >= 0.6 is 0 Å². The Kier molecular flexibility index (Phi) is 10.7. The maximum atomic E-state index is 13.9. The molecule has 5 aliphatic rings. The predicted molar refractivity (Wildman–Crippen MR) is 194 cm³/mol. The van der Waals surface area contributed by atoms with E-state index in [0.29, 0.717) is 54.8 Å². The quantitative estimate of drug-likeness (QED) is 0.222. The summed E-state index contributed by atoms with van der Waals surface area (Å²) in [7, 11) is 0.843. The smallest absolute Gasteiger partial charge is 0.482 e. The van der Waals surface area contributed by atoms with Crippen molar-refractivity contribution >= 4 is 25.0 Å². The van der Waals surface area contributed by atoms with E-state index >= 15 is 0 Å². The van der Waals surface area contributed by atoms with Crippen molar-refractivity contribution in [3.8, 4) is 5.75 Å². The fraction of sp³-hybridized carbons (Fsp3) is 0.625. The van der Waals surface area contributed by atoms with Crippen molar-refractivity contribution in [3.05, 3.63) is 64.7 Å². The Hall–Kier alpha value is -3.41. The largest absolute Gasteiger partial charge is 0.496 e. The lowest BCUT2D eigenvalue weighted by molar-refractivity contribution is -0.199. The molecule has 11 heteroatoms. The summed E-state index contributed by atoms with van der Waals surface area (Å²) in [6.45, 7) is 16.8. The van der Waals surface area contributed by atoms with Crippen molar-refractivity contribution in [3.63, 3.8) is 0 Å². The van der Waals surface area contributed by atoms with Gasteiger partial charge in [-0.3, -0.25) is 14.5 Å². The van der Waals surface area contributed by atoms with Crippen LogP contribution in [0.5, 0.6) is 5.75 Å². The van der Waals surface area contributed by atoms with E-state index in [1.54, 1.807) is 12.1 Å². The highest BCUT2D eigenvalue weighted by molar-refractivity contribution is 6.48. The van der Waals surface area contributed by atoms with Gasteiger partial charge < -0.3 is 28.8 Å². The van der Waals surface area contributed by atoms with Gasteiger partial charge in [0.2, 0.25) is 0 Å². The Bertz CT molecular complexity index is 1610. The molecule has 2 saturated heterocycles. The minimum absolute atomic E-state index is 0.0637. The van der Waals surface area contributed by atoms with E-state index in [4.69, 9.17) is 23.5 Å². The number of para-hydroxylation sites is 1. The number of nitrogens with zero attached hydrogens (tertiary/aromatic N) is 1. The van der Waals surface area contributed by atoms with Gasteiger partial charge in [0.1, 0.15) is 16.9 Å². The van der Waals surface area contributed by atoms with Gasteiger partial charge in [-0.25, -0.2) is 4.79 Å². The average molecular weight is 703 g/mol. The number of rotatable bonds is 11. The average Bonchev–Trinajstić information content (AvgIpc) is 3.45. The molecule has 0 aromatic heterocycles. The Morgan fingerprint density at radius 3 is 2.49 bits per heavy atom. The van der Waals surface area contributed by atoms with Gasteiger partial charge in [-0.1, -0.05) is 38.1 Å². The minimum atomic E-state index is -0.695. The second kappa shape index (κ2) is 14.5. The van der Waals surface area contributed by atoms with E-state index in [0.717, 1.165) is 43.4 Å². The summed E-state index contributed by atoms with van der Waals surface area (Å²) >= 11 is 0. The SMILES string of the molecule is CCOC(=O)C1CCCN(Cc2ccc(C(=O)NC(Cc3cccc(C(=O)OC(C)(C)C)c3OC)B3OC4CC5CC(C5(C)C)C4(C)O3)cc2)C1. The summed E-state index contributed by atoms with van der Waals surface area (Å²) in [5.74, 6) is -0.169. The summed E-state index contributed by atoms with van der Waals surface area (Å²) in [6.07, 6.45) is 4.08. The van der Waals surface area contributed by atoms with Crippen LogP contribution < -0.4 is 10.1 Å². The molecular weight excluding hydrogens is 647 g/mol. The number of hydrogen-bond acceptors (Lipinski definition) is 9. The number of carbonyl (C=O) groups excluding carboxylic acids is 3. The van der Waals surface area contributed by atoms with E-state index in [2.05, 4.69) is 31.0 Å². The van der Waals surface area contributed by atoms with Crippen LogP contribution in [0, 0.1) is 23.2 Å². The molecule has 2 heterocycles. The zero-order valence-electron chi connectivity index (χ0n) is 31.6. The fourth-order valence-corrected chi connectivity index (χ4v) is 8.93. The second-order valence-corrected chi connectivity index (χ2v) is 16.6. The number of benzene rings is 2. The molecule has 3 aliphatic carbocycles. The van der Waals surface area contributed by atoms with Crippen LogP contribution in [0.3, 0.4) is 0 Å². The third kappa shape index (κ3) is 7.71. The van der Waals surface area contributed by atoms with Crippen LogP contribution in [0.25, 0.3) is 0 Å². The second-order valence-electron chi connectivity index (χ2n) is 16.6. The summed E-state index contributed by atoms with van der Waals surface area (Å²) in [5, 5.41) is 3.25. The number of amides is 1. The molecule has 7 rings (SSSR count). The van der Waals surface area contributed by atoms with Gasteiger partial charge in [-0.05, 0) is 120 Å². The summed E-state index contributed by atoms with van der Waals surface area (Å²) < 4.78 is 30.3. The molecule has 6 atom stereocenters. The Balaban J connectivity index is 1.21. The molecule has 2 aromatic carbocycles. The first kappa shape index (κ1) is 37.4. The van der Waals surface area contributed by atoms with Crippen LogP contribution in [-0.4, -0.2) is 79.9 Å². The van der Waals surface area contributed by atoms with Gasteiger partial charge in [0, 0.05) is 18.7 Å². The van der Waals surface area contributed by atoms with Gasteiger partial charge in [-0.15, -0.1) is 0 Å². The lowest BCUT2D eigenvalue weighted by atomic mass is 9.43. The first-order chi connectivity index (χ1) is 24.1. The molecule has 51 heavy (non-hydrogen) atoms. The fourth-order valence-electron chi connectivity index (χ4n) is 8.93. The maximum Gasteiger partial charge on any atom is 0.482 e. The zero-order valence-corrected chi connectivity index (χ0v) is 31.6. The third-order valence-electron chi connectivity index (χ3n) is 11.7. The van der Waals surface area contributed by atoms with E-state index in [1.807, 2.05) is 58.0 Å². The van der Waals surface area contributed by atoms with E-state index < -0.39 is 30.2 Å². The molecule has 10 nitrogen and oxygen atoms in total. The first-order valence-corrected chi connectivity index (χ1v) is 18.6. The van der Waals surface area contributed by atoms with Crippen LogP contribution in [0.4, 0.5) is 0 Å². The molecule has 2 bridgehead atoms.